The lowest BCUT2D eigenvalue weighted by atomic mass is 9.96. The molecule has 112 valence electrons. The smallest absolute Gasteiger partial charge is 0.371 e. The number of nitrogens with zero attached hydrogens (tertiary/aromatic N) is 1. The summed E-state index contributed by atoms with van der Waals surface area (Å²) in [5.74, 6) is 0.657. The van der Waals surface area contributed by atoms with Gasteiger partial charge in [0, 0.05) is 17.6 Å². The highest BCUT2D eigenvalue weighted by Gasteiger charge is 2.31. The first kappa shape index (κ1) is 15.6. The number of nitrogens with one attached hydrogen (secondary N) is 1. The third-order valence-corrected chi connectivity index (χ3v) is 4.36. The average molecular weight is 351 g/mol. The lowest BCUT2D eigenvalue weighted by molar-refractivity contribution is -0.137. The molecule has 0 bridgehead atoms. The van der Waals surface area contributed by atoms with Crippen LogP contribution in [0.2, 0.25) is 0 Å². The molecule has 1 aliphatic heterocycles. The molecule has 2 rings (SSSR count). The zero-order valence-corrected chi connectivity index (χ0v) is 12.9. The summed E-state index contributed by atoms with van der Waals surface area (Å²) in [6.45, 7) is 2.77. The Morgan fingerprint density at radius 1 is 1.30 bits per heavy atom. The molecule has 0 atom stereocenters. The number of hydrogen-bond donors (Lipinski definition) is 1. The van der Waals surface area contributed by atoms with Gasteiger partial charge in [-0.15, -0.1) is 0 Å². The maximum atomic E-state index is 12.6. The second kappa shape index (κ2) is 6.35. The number of anilines is 1. The first-order valence-electron chi connectivity index (χ1n) is 6.68. The third-order valence-electron chi connectivity index (χ3n) is 3.72. The van der Waals surface area contributed by atoms with Crippen LogP contribution in [0.3, 0.4) is 0 Å². The molecule has 0 radical (unpaired) electrons. The molecule has 0 aromatic heterocycles. The van der Waals surface area contributed by atoms with E-state index in [-0.39, 0.29) is 0 Å². The Balaban J connectivity index is 2.07. The number of benzene rings is 1. The van der Waals surface area contributed by atoms with E-state index in [0.717, 1.165) is 50.3 Å². The highest BCUT2D eigenvalue weighted by molar-refractivity contribution is 9.10. The van der Waals surface area contributed by atoms with Gasteiger partial charge in [-0.3, -0.25) is 0 Å². The fourth-order valence-electron chi connectivity index (χ4n) is 2.61. The molecule has 1 aromatic carbocycles. The predicted molar refractivity (Wildman–Crippen MR) is 78.0 cm³/mol. The first-order chi connectivity index (χ1) is 9.41. The van der Waals surface area contributed by atoms with E-state index in [4.69, 9.17) is 0 Å². The van der Waals surface area contributed by atoms with Crippen molar-refractivity contribution in [1.29, 1.82) is 0 Å². The van der Waals surface area contributed by atoms with E-state index >= 15 is 0 Å². The minimum atomic E-state index is -4.29. The van der Waals surface area contributed by atoms with Crippen molar-refractivity contribution in [2.24, 2.45) is 5.92 Å². The molecule has 0 spiro atoms. The molecule has 1 aromatic rings. The Hall–Kier alpha value is -0.750. The van der Waals surface area contributed by atoms with Crippen molar-refractivity contribution in [2.45, 2.75) is 19.0 Å². The maximum Gasteiger partial charge on any atom is 0.416 e. The summed E-state index contributed by atoms with van der Waals surface area (Å²) >= 11 is 3.27. The lowest BCUT2D eigenvalue weighted by Gasteiger charge is -2.34. The van der Waals surface area contributed by atoms with Crippen LogP contribution in [0.5, 0.6) is 0 Å². The van der Waals surface area contributed by atoms with Crippen molar-refractivity contribution >= 4 is 21.6 Å². The zero-order chi connectivity index (χ0) is 14.8. The van der Waals surface area contributed by atoms with Gasteiger partial charge in [0.25, 0.3) is 0 Å². The van der Waals surface area contributed by atoms with Gasteiger partial charge in [0.05, 0.1) is 11.3 Å². The Bertz CT molecular complexity index is 454. The molecule has 1 fully saturated rings. The number of piperidine rings is 1. The monoisotopic (exact) mass is 350 g/mol. The lowest BCUT2D eigenvalue weighted by Crippen LogP contribution is -2.36. The van der Waals surface area contributed by atoms with Gasteiger partial charge in [-0.05, 0) is 66.5 Å². The van der Waals surface area contributed by atoms with Crippen molar-refractivity contribution in [2.75, 3.05) is 31.6 Å². The maximum absolute atomic E-state index is 12.6. The minimum Gasteiger partial charge on any atom is -0.371 e. The fourth-order valence-corrected chi connectivity index (χ4v) is 3.24. The van der Waals surface area contributed by atoms with Crippen molar-refractivity contribution < 1.29 is 13.2 Å². The summed E-state index contributed by atoms with van der Waals surface area (Å²) < 4.78 is 38.4. The van der Waals surface area contributed by atoms with Gasteiger partial charge in [-0.2, -0.15) is 13.2 Å². The number of alkyl halides is 3. The second-order valence-corrected chi connectivity index (χ2v) is 6.01. The Kier molecular flexibility index (Phi) is 4.96. The van der Waals surface area contributed by atoms with E-state index in [1.807, 2.05) is 7.05 Å². The van der Waals surface area contributed by atoms with Gasteiger partial charge in [-0.1, -0.05) is 0 Å². The van der Waals surface area contributed by atoms with Gasteiger partial charge in [0.15, 0.2) is 0 Å². The minimum absolute atomic E-state index is 0.513. The van der Waals surface area contributed by atoms with Crippen LogP contribution in [-0.2, 0) is 6.18 Å². The van der Waals surface area contributed by atoms with Crippen LogP contribution in [0.1, 0.15) is 18.4 Å². The average Bonchev–Trinajstić information content (AvgIpc) is 2.39. The van der Waals surface area contributed by atoms with Crippen LogP contribution in [-0.4, -0.2) is 26.7 Å². The molecule has 0 aliphatic carbocycles. The number of hydrogen-bond acceptors (Lipinski definition) is 2. The van der Waals surface area contributed by atoms with Crippen molar-refractivity contribution in [3.8, 4) is 0 Å². The van der Waals surface area contributed by atoms with Crippen molar-refractivity contribution in [1.82, 2.24) is 5.32 Å². The first-order valence-corrected chi connectivity index (χ1v) is 7.47. The normalized spacial score (nSPS) is 17.6. The molecule has 1 heterocycles. The molecule has 1 saturated heterocycles. The summed E-state index contributed by atoms with van der Waals surface area (Å²) in [4.78, 5) is 2.15. The van der Waals surface area contributed by atoms with Crippen LogP contribution >= 0.6 is 15.9 Å². The fraction of sp³-hybridized carbons (Fsp3) is 0.571. The topological polar surface area (TPSA) is 15.3 Å². The summed E-state index contributed by atoms with van der Waals surface area (Å²) in [7, 11) is 1.94. The molecule has 20 heavy (non-hydrogen) atoms. The molecule has 1 N–H and O–H groups in total. The number of halogens is 4. The quantitative estimate of drug-likeness (QED) is 0.889. The Morgan fingerprint density at radius 3 is 2.45 bits per heavy atom. The van der Waals surface area contributed by atoms with Crippen LogP contribution in [0.4, 0.5) is 18.9 Å². The van der Waals surface area contributed by atoms with E-state index in [0.29, 0.717) is 10.4 Å². The van der Waals surface area contributed by atoms with Crippen molar-refractivity contribution in [3.63, 3.8) is 0 Å². The van der Waals surface area contributed by atoms with Gasteiger partial charge in [-0.25, -0.2) is 0 Å². The summed E-state index contributed by atoms with van der Waals surface area (Å²) in [6.07, 6.45) is -2.16. The van der Waals surface area contributed by atoms with Crippen LogP contribution in [0, 0.1) is 5.92 Å². The van der Waals surface area contributed by atoms with Crippen LogP contribution in [0.15, 0.2) is 22.7 Å². The molecular weight excluding hydrogens is 333 g/mol. The van der Waals surface area contributed by atoms with Crippen molar-refractivity contribution in [3.05, 3.63) is 28.2 Å². The van der Waals surface area contributed by atoms with E-state index in [1.165, 1.54) is 0 Å². The standard InChI is InChI=1S/C14H18BrF3N2/c1-19-9-10-4-6-20(7-5-10)13-3-2-11(8-12(13)15)14(16,17)18/h2-3,8,10,19H,4-7,9H2,1H3. The molecule has 6 heteroatoms. The largest absolute Gasteiger partial charge is 0.416 e. The van der Waals surface area contributed by atoms with Crippen LogP contribution < -0.4 is 10.2 Å². The Morgan fingerprint density at radius 2 is 1.95 bits per heavy atom. The summed E-state index contributed by atoms with van der Waals surface area (Å²) in [6, 6.07) is 3.88. The van der Waals surface area contributed by atoms with Gasteiger partial charge < -0.3 is 10.2 Å². The van der Waals surface area contributed by atoms with Gasteiger partial charge >= 0.3 is 6.18 Å². The highest BCUT2D eigenvalue weighted by atomic mass is 79.9. The number of rotatable bonds is 3. The highest BCUT2D eigenvalue weighted by Crippen LogP contribution is 2.36. The third kappa shape index (κ3) is 3.67. The van der Waals surface area contributed by atoms with E-state index in [2.05, 4.69) is 26.1 Å². The second-order valence-electron chi connectivity index (χ2n) is 5.15. The van der Waals surface area contributed by atoms with Crippen LogP contribution in [0.25, 0.3) is 0 Å². The zero-order valence-electron chi connectivity index (χ0n) is 11.3. The molecular formula is C14H18BrF3N2. The van der Waals surface area contributed by atoms with E-state index in [1.54, 1.807) is 6.07 Å². The molecule has 1 aliphatic rings. The summed E-state index contributed by atoms with van der Waals surface area (Å²) in [5, 5.41) is 3.17. The molecule has 0 unspecified atom stereocenters. The van der Waals surface area contributed by atoms with Gasteiger partial charge in [0.2, 0.25) is 0 Å². The Labute approximate surface area is 125 Å². The predicted octanol–water partition coefficient (Wildman–Crippen LogP) is 3.90. The molecule has 2 nitrogen and oxygen atoms in total. The SMILES string of the molecule is CNCC1CCN(c2ccc(C(F)(F)F)cc2Br)CC1. The van der Waals surface area contributed by atoms with Gasteiger partial charge in [0.1, 0.15) is 0 Å². The van der Waals surface area contributed by atoms with E-state index in [9.17, 15) is 13.2 Å². The van der Waals surface area contributed by atoms with E-state index < -0.39 is 11.7 Å². The molecule has 0 saturated carbocycles. The summed E-state index contributed by atoms with van der Waals surface area (Å²) in [5.41, 5.74) is 0.235. The molecule has 0 amide bonds.